The summed E-state index contributed by atoms with van der Waals surface area (Å²) in [7, 11) is 0. The van der Waals surface area contributed by atoms with Gasteiger partial charge in [-0.15, -0.1) is 0 Å². The summed E-state index contributed by atoms with van der Waals surface area (Å²) in [5, 5.41) is 2.96. The maximum absolute atomic E-state index is 12.8. The Labute approximate surface area is 167 Å². The van der Waals surface area contributed by atoms with Crippen LogP contribution >= 0.6 is 0 Å². The largest absolute Gasteiger partial charge is 0.337 e. The first-order valence-corrected chi connectivity index (χ1v) is 9.93. The van der Waals surface area contributed by atoms with E-state index in [1.807, 2.05) is 29.2 Å². The molecule has 0 aliphatic carbocycles. The molecule has 1 fully saturated rings. The van der Waals surface area contributed by atoms with E-state index in [1.165, 1.54) is 0 Å². The van der Waals surface area contributed by atoms with Crippen LogP contribution in [0.25, 0.3) is 0 Å². The van der Waals surface area contributed by atoms with E-state index in [1.54, 1.807) is 18.2 Å². The Bertz CT molecular complexity index is 862. The summed E-state index contributed by atoms with van der Waals surface area (Å²) < 4.78 is 0. The summed E-state index contributed by atoms with van der Waals surface area (Å²) in [6.07, 6.45) is 2.02. The van der Waals surface area contributed by atoms with Crippen LogP contribution in [-0.2, 0) is 5.41 Å². The van der Waals surface area contributed by atoms with Crippen LogP contribution in [0.15, 0.2) is 42.5 Å². The quantitative estimate of drug-likeness (QED) is 0.854. The normalized spacial score (nSPS) is 15.4. The fourth-order valence-corrected chi connectivity index (χ4v) is 3.49. The SMILES string of the molecule is CC1CCN(C(=O)c2cccc(C(=O)Nc3ccccc3C(C)(C)C)n2)CC1. The van der Waals surface area contributed by atoms with E-state index in [0.29, 0.717) is 11.6 Å². The van der Waals surface area contributed by atoms with Gasteiger partial charge in [0.1, 0.15) is 11.4 Å². The molecular formula is C23H29N3O2. The van der Waals surface area contributed by atoms with Gasteiger partial charge < -0.3 is 10.2 Å². The lowest BCUT2D eigenvalue weighted by molar-refractivity contribution is 0.0691. The van der Waals surface area contributed by atoms with E-state index in [2.05, 4.69) is 38.0 Å². The number of anilines is 1. The number of pyridine rings is 1. The van der Waals surface area contributed by atoms with E-state index in [9.17, 15) is 9.59 Å². The highest BCUT2D eigenvalue weighted by molar-refractivity contribution is 6.04. The second-order valence-corrected chi connectivity index (χ2v) is 8.63. The van der Waals surface area contributed by atoms with Crippen molar-refractivity contribution in [2.24, 2.45) is 5.92 Å². The van der Waals surface area contributed by atoms with Gasteiger partial charge in [0.15, 0.2) is 0 Å². The zero-order valence-corrected chi connectivity index (χ0v) is 17.2. The van der Waals surface area contributed by atoms with Crippen LogP contribution in [0.3, 0.4) is 0 Å². The van der Waals surface area contributed by atoms with Crippen LogP contribution in [0.4, 0.5) is 5.69 Å². The predicted octanol–water partition coefficient (Wildman–Crippen LogP) is 4.50. The number of rotatable bonds is 3. The number of aromatic nitrogens is 1. The van der Waals surface area contributed by atoms with Gasteiger partial charge in [0.25, 0.3) is 11.8 Å². The van der Waals surface area contributed by atoms with E-state index >= 15 is 0 Å². The second kappa shape index (κ2) is 8.13. The van der Waals surface area contributed by atoms with E-state index in [0.717, 1.165) is 37.2 Å². The highest BCUT2D eigenvalue weighted by atomic mass is 16.2. The summed E-state index contributed by atoms with van der Waals surface area (Å²) in [6, 6.07) is 12.8. The van der Waals surface area contributed by atoms with Gasteiger partial charge in [-0.1, -0.05) is 52.0 Å². The molecule has 2 amide bonds. The van der Waals surface area contributed by atoms with Crippen molar-refractivity contribution in [1.82, 2.24) is 9.88 Å². The van der Waals surface area contributed by atoms with Crippen molar-refractivity contribution in [3.05, 3.63) is 59.4 Å². The minimum atomic E-state index is -0.307. The van der Waals surface area contributed by atoms with Gasteiger partial charge in [-0.2, -0.15) is 0 Å². The Kier molecular flexibility index (Phi) is 5.82. The molecule has 5 heteroatoms. The van der Waals surface area contributed by atoms with Gasteiger partial charge >= 0.3 is 0 Å². The van der Waals surface area contributed by atoms with Gasteiger partial charge in [0.2, 0.25) is 0 Å². The number of carbonyl (C=O) groups is 2. The molecule has 1 aliphatic heterocycles. The lowest BCUT2D eigenvalue weighted by Gasteiger charge is -2.30. The maximum Gasteiger partial charge on any atom is 0.274 e. The standard InChI is InChI=1S/C23H29N3O2/c1-16-12-14-26(15-13-16)22(28)20-11-7-10-19(24-20)21(27)25-18-9-6-5-8-17(18)23(2,3)4/h5-11,16H,12-15H2,1-4H3,(H,25,27). The fraction of sp³-hybridized carbons (Fsp3) is 0.435. The number of likely N-dealkylation sites (tertiary alicyclic amines) is 1. The molecular weight excluding hydrogens is 350 g/mol. The average molecular weight is 380 g/mol. The Morgan fingerprint density at radius 2 is 1.64 bits per heavy atom. The number of para-hydroxylation sites is 1. The number of nitrogens with zero attached hydrogens (tertiary/aromatic N) is 2. The van der Waals surface area contributed by atoms with E-state index in [4.69, 9.17) is 0 Å². The van der Waals surface area contributed by atoms with Crippen molar-refractivity contribution in [2.45, 2.75) is 46.0 Å². The van der Waals surface area contributed by atoms with Crippen LogP contribution in [0.2, 0.25) is 0 Å². The number of hydrogen-bond acceptors (Lipinski definition) is 3. The number of carbonyl (C=O) groups excluding carboxylic acids is 2. The molecule has 1 aromatic heterocycles. The summed E-state index contributed by atoms with van der Waals surface area (Å²) in [5.41, 5.74) is 2.30. The third-order valence-corrected chi connectivity index (χ3v) is 5.25. The first-order valence-electron chi connectivity index (χ1n) is 9.93. The molecule has 2 aromatic rings. The van der Waals surface area contributed by atoms with Crippen molar-refractivity contribution < 1.29 is 9.59 Å². The molecule has 1 saturated heterocycles. The molecule has 1 N–H and O–H groups in total. The van der Waals surface area contributed by atoms with Crippen LogP contribution in [0.5, 0.6) is 0 Å². The van der Waals surface area contributed by atoms with Crippen molar-refractivity contribution in [1.29, 1.82) is 0 Å². The summed E-state index contributed by atoms with van der Waals surface area (Å²) >= 11 is 0. The highest BCUT2D eigenvalue weighted by Gasteiger charge is 2.23. The number of piperidine rings is 1. The maximum atomic E-state index is 12.8. The summed E-state index contributed by atoms with van der Waals surface area (Å²) in [4.78, 5) is 31.7. The third kappa shape index (κ3) is 4.58. The Balaban J connectivity index is 1.77. The molecule has 28 heavy (non-hydrogen) atoms. The predicted molar refractivity (Wildman–Crippen MR) is 112 cm³/mol. The molecule has 0 atom stereocenters. The molecule has 5 nitrogen and oxygen atoms in total. The minimum Gasteiger partial charge on any atom is -0.337 e. The number of amides is 2. The van der Waals surface area contributed by atoms with Gasteiger partial charge in [-0.25, -0.2) is 4.98 Å². The highest BCUT2D eigenvalue weighted by Crippen LogP contribution is 2.29. The lowest BCUT2D eigenvalue weighted by atomic mass is 9.86. The third-order valence-electron chi connectivity index (χ3n) is 5.25. The first kappa shape index (κ1) is 20.1. The molecule has 0 radical (unpaired) electrons. The molecule has 2 heterocycles. The average Bonchev–Trinajstić information content (AvgIpc) is 2.68. The molecule has 0 unspecified atom stereocenters. The molecule has 3 rings (SSSR count). The monoisotopic (exact) mass is 379 g/mol. The number of nitrogens with one attached hydrogen (secondary N) is 1. The van der Waals surface area contributed by atoms with Crippen LogP contribution in [0.1, 0.15) is 67.1 Å². The van der Waals surface area contributed by atoms with Gasteiger partial charge in [-0.3, -0.25) is 9.59 Å². The summed E-state index contributed by atoms with van der Waals surface area (Å²) in [5.74, 6) is 0.243. The van der Waals surface area contributed by atoms with Crippen LogP contribution < -0.4 is 5.32 Å². The molecule has 0 bridgehead atoms. The Hall–Kier alpha value is -2.69. The Morgan fingerprint density at radius 1 is 1.00 bits per heavy atom. The van der Waals surface area contributed by atoms with E-state index in [-0.39, 0.29) is 22.9 Å². The number of benzene rings is 1. The molecule has 0 saturated carbocycles. The topological polar surface area (TPSA) is 62.3 Å². The fourth-order valence-electron chi connectivity index (χ4n) is 3.49. The van der Waals surface area contributed by atoms with Crippen molar-refractivity contribution in [3.63, 3.8) is 0 Å². The lowest BCUT2D eigenvalue weighted by Crippen LogP contribution is -2.38. The molecule has 0 spiro atoms. The van der Waals surface area contributed by atoms with Crippen LogP contribution in [-0.4, -0.2) is 34.8 Å². The van der Waals surface area contributed by atoms with Crippen LogP contribution in [0, 0.1) is 5.92 Å². The second-order valence-electron chi connectivity index (χ2n) is 8.63. The smallest absolute Gasteiger partial charge is 0.274 e. The van der Waals surface area contributed by atoms with Crippen molar-refractivity contribution >= 4 is 17.5 Å². The van der Waals surface area contributed by atoms with Crippen molar-refractivity contribution in [3.8, 4) is 0 Å². The summed E-state index contributed by atoms with van der Waals surface area (Å²) in [6.45, 7) is 10.0. The molecule has 148 valence electrons. The first-order chi connectivity index (χ1) is 13.3. The van der Waals surface area contributed by atoms with Crippen molar-refractivity contribution in [2.75, 3.05) is 18.4 Å². The van der Waals surface area contributed by atoms with E-state index < -0.39 is 0 Å². The molecule has 1 aromatic carbocycles. The van der Waals surface area contributed by atoms with Gasteiger partial charge in [0, 0.05) is 18.8 Å². The zero-order valence-electron chi connectivity index (χ0n) is 17.2. The zero-order chi connectivity index (χ0) is 20.3. The minimum absolute atomic E-state index is 0.0967. The molecule has 1 aliphatic rings. The van der Waals surface area contributed by atoms with Gasteiger partial charge in [-0.05, 0) is 47.9 Å². The number of hydrogen-bond donors (Lipinski definition) is 1. The van der Waals surface area contributed by atoms with Gasteiger partial charge in [0.05, 0.1) is 0 Å². The Morgan fingerprint density at radius 3 is 2.32 bits per heavy atom.